The van der Waals surface area contributed by atoms with E-state index in [-0.39, 0.29) is 24.3 Å². The van der Waals surface area contributed by atoms with E-state index in [1.54, 1.807) is 26.0 Å². The zero-order valence-corrected chi connectivity index (χ0v) is 15.8. The number of benzene rings is 1. The van der Waals surface area contributed by atoms with Crippen LogP contribution in [-0.2, 0) is 9.53 Å². The Morgan fingerprint density at radius 3 is 2.71 bits per heavy atom. The molecule has 2 atom stereocenters. The van der Waals surface area contributed by atoms with Gasteiger partial charge in [-0.05, 0) is 38.8 Å². The maximum Gasteiger partial charge on any atom is 0.260 e. The van der Waals surface area contributed by atoms with Crippen LogP contribution in [0.2, 0.25) is 0 Å². The normalized spacial score (nSPS) is 21.9. The first-order valence-corrected chi connectivity index (χ1v) is 8.72. The Labute approximate surface area is 161 Å². The van der Waals surface area contributed by atoms with Crippen LogP contribution < -0.4 is 15.8 Å². The molecule has 2 rings (SSSR count). The molecule has 9 heteroatoms. The highest BCUT2D eigenvalue weighted by molar-refractivity contribution is 5.97. The molecule has 1 aliphatic heterocycles. The topological polar surface area (TPSA) is 103 Å². The van der Waals surface area contributed by atoms with Gasteiger partial charge in [-0.2, -0.15) is 0 Å². The number of primary amides is 1. The molecular formula is C19H23F2N3O4. The summed E-state index contributed by atoms with van der Waals surface area (Å²) in [5, 5.41) is 2.38. The van der Waals surface area contributed by atoms with Gasteiger partial charge in [0.15, 0.2) is 0 Å². The summed E-state index contributed by atoms with van der Waals surface area (Å²) in [7, 11) is 0. The van der Waals surface area contributed by atoms with E-state index in [0.29, 0.717) is 23.6 Å². The number of carbonyl (C=O) groups excluding carboxylic acids is 2. The zero-order valence-electron chi connectivity index (χ0n) is 15.8. The van der Waals surface area contributed by atoms with E-state index in [9.17, 15) is 18.4 Å². The van der Waals surface area contributed by atoms with Crippen molar-refractivity contribution in [2.45, 2.75) is 32.0 Å². The summed E-state index contributed by atoms with van der Waals surface area (Å²) in [6.45, 7) is 5.80. The molecule has 152 valence electrons. The fourth-order valence-corrected chi connectivity index (χ4v) is 2.94. The molecule has 28 heavy (non-hydrogen) atoms. The van der Waals surface area contributed by atoms with Crippen molar-refractivity contribution in [2.24, 2.45) is 10.7 Å². The van der Waals surface area contributed by atoms with Crippen molar-refractivity contribution >= 4 is 30.0 Å². The standard InChI is InChI=1S/C19H23F2N3O4/c1-4-15(28-9-11-8-19(21,10-20)18(26)24-11)12-7-16(27-5-2)13(17(22)25)6-14(12)23-3/h4,6-7,11H,3,5,8-10H2,1-2H3,(H2,22,25)(H,24,26)/b15-4+/t11-,19+/m0/s1. The molecule has 0 bridgehead atoms. The molecule has 0 aliphatic carbocycles. The van der Waals surface area contributed by atoms with Crippen LogP contribution in [0, 0.1) is 0 Å². The summed E-state index contributed by atoms with van der Waals surface area (Å²) in [4.78, 5) is 27.1. The van der Waals surface area contributed by atoms with Crippen molar-refractivity contribution in [1.29, 1.82) is 0 Å². The predicted molar refractivity (Wildman–Crippen MR) is 101 cm³/mol. The first-order valence-electron chi connectivity index (χ1n) is 8.72. The summed E-state index contributed by atoms with van der Waals surface area (Å²) >= 11 is 0. The molecule has 2 amide bonds. The molecule has 0 aromatic heterocycles. The molecule has 1 aromatic rings. The lowest BCUT2D eigenvalue weighted by molar-refractivity contribution is -0.130. The first-order chi connectivity index (χ1) is 13.3. The summed E-state index contributed by atoms with van der Waals surface area (Å²) < 4.78 is 38.0. The van der Waals surface area contributed by atoms with Gasteiger partial charge < -0.3 is 20.5 Å². The number of alkyl halides is 2. The number of hydrogen-bond acceptors (Lipinski definition) is 5. The van der Waals surface area contributed by atoms with Crippen LogP contribution in [0.4, 0.5) is 14.5 Å². The van der Waals surface area contributed by atoms with Crippen LogP contribution in [0.1, 0.15) is 36.2 Å². The highest BCUT2D eigenvalue weighted by atomic mass is 19.2. The molecule has 0 unspecified atom stereocenters. The fraction of sp³-hybridized carbons (Fsp3) is 0.421. The minimum atomic E-state index is -2.52. The molecule has 1 aliphatic rings. The van der Waals surface area contributed by atoms with Gasteiger partial charge in [0.2, 0.25) is 5.67 Å². The van der Waals surface area contributed by atoms with E-state index < -0.39 is 30.2 Å². The lowest BCUT2D eigenvalue weighted by Crippen LogP contribution is -2.36. The number of ether oxygens (including phenoxy) is 2. The third-order valence-corrected chi connectivity index (χ3v) is 4.33. The monoisotopic (exact) mass is 395 g/mol. The predicted octanol–water partition coefficient (Wildman–Crippen LogP) is 2.46. The Morgan fingerprint density at radius 2 is 2.21 bits per heavy atom. The van der Waals surface area contributed by atoms with Crippen molar-refractivity contribution in [3.8, 4) is 5.75 Å². The molecule has 3 N–H and O–H groups in total. The Kier molecular flexibility index (Phi) is 6.71. The van der Waals surface area contributed by atoms with Crippen LogP contribution >= 0.6 is 0 Å². The largest absolute Gasteiger partial charge is 0.493 e. The molecule has 1 aromatic carbocycles. The Bertz CT molecular complexity index is 813. The quantitative estimate of drug-likeness (QED) is 0.495. The summed E-state index contributed by atoms with van der Waals surface area (Å²) in [6.07, 6.45) is 1.31. The lowest BCUT2D eigenvalue weighted by atomic mass is 10.0. The zero-order chi connectivity index (χ0) is 20.9. The van der Waals surface area contributed by atoms with E-state index in [0.717, 1.165) is 0 Å². The van der Waals surface area contributed by atoms with E-state index in [1.807, 2.05) is 0 Å². The maximum absolute atomic E-state index is 14.1. The summed E-state index contributed by atoms with van der Waals surface area (Å²) in [5.41, 5.74) is 3.83. The number of allylic oxidation sites excluding steroid dienone is 1. The molecule has 0 radical (unpaired) electrons. The van der Waals surface area contributed by atoms with Crippen LogP contribution in [0.5, 0.6) is 5.75 Å². The Hall–Kier alpha value is -2.97. The van der Waals surface area contributed by atoms with Crippen molar-refractivity contribution in [3.63, 3.8) is 0 Å². The molecule has 1 saturated heterocycles. The minimum Gasteiger partial charge on any atom is -0.493 e. The fourth-order valence-electron chi connectivity index (χ4n) is 2.94. The highest BCUT2D eigenvalue weighted by Crippen LogP contribution is 2.35. The van der Waals surface area contributed by atoms with Crippen molar-refractivity contribution in [2.75, 3.05) is 19.9 Å². The van der Waals surface area contributed by atoms with Gasteiger partial charge in [0.05, 0.1) is 23.9 Å². The van der Waals surface area contributed by atoms with Crippen molar-refractivity contribution in [1.82, 2.24) is 5.32 Å². The van der Waals surface area contributed by atoms with Crippen LogP contribution in [-0.4, -0.2) is 50.1 Å². The van der Waals surface area contributed by atoms with Crippen LogP contribution in [0.15, 0.2) is 23.2 Å². The van der Waals surface area contributed by atoms with Crippen LogP contribution in [0.25, 0.3) is 5.76 Å². The van der Waals surface area contributed by atoms with E-state index in [2.05, 4.69) is 17.0 Å². The number of halogens is 2. The van der Waals surface area contributed by atoms with Gasteiger partial charge in [0.25, 0.3) is 11.8 Å². The first kappa shape index (κ1) is 21.3. The second-order valence-electron chi connectivity index (χ2n) is 6.26. The second kappa shape index (κ2) is 8.81. The highest BCUT2D eigenvalue weighted by Gasteiger charge is 2.48. The SMILES string of the molecule is C=Nc1cc(C(N)=O)c(OCC)cc1/C(=C\C)OC[C@@H]1C[C@@](F)(CF)C(=O)N1. The average molecular weight is 395 g/mol. The minimum absolute atomic E-state index is 0.0742. The number of aliphatic imine (C=N–C) groups is 1. The number of carbonyl (C=O) groups is 2. The molecule has 1 heterocycles. The van der Waals surface area contributed by atoms with Gasteiger partial charge >= 0.3 is 0 Å². The Morgan fingerprint density at radius 1 is 1.50 bits per heavy atom. The van der Waals surface area contributed by atoms with E-state index in [1.165, 1.54) is 6.07 Å². The second-order valence-corrected chi connectivity index (χ2v) is 6.26. The number of amides is 2. The van der Waals surface area contributed by atoms with Gasteiger partial charge in [-0.3, -0.25) is 14.6 Å². The van der Waals surface area contributed by atoms with Crippen LogP contribution in [0.3, 0.4) is 0 Å². The smallest absolute Gasteiger partial charge is 0.260 e. The number of nitrogens with one attached hydrogen (secondary N) is 1. The molecule has 0 saturated carbocycles. The number of nitrogens with zero attached hydrogens (tertiary/aromatic N) is 1. The van der Waals surface area contributed by atoms with Crippen molar-refractivity contribution in [3.05, 3.63) is 29.3 Å². The third-order valence-electron chi connectivity index (χ3n) is 4.33. The summed E-state index contributed by atoms with van der Waals surface area (Å²) in [5.74, 6) is -1.05. The van der Waals surface area contributed by atoms with Gasteiger partial charge in [-0.25, -0.2) is 8.78 Å². The molecule has 1 fully saturated rings. The average Bonchev–Trinajstić information content (AvgIpc) is 2.96. The van der Waals surface area contributed by atoms with Gasteiger partial charge in [0.1, 0.15) is 24.8 Å². The van der Waals surface area contributed by atoms with Gasteiger partial charge in [0, 0.05) is 12.0 Å². The third kappa shape index (κ3) is 4.29. The lowest BCUT2D eigenvalue weighted by Gasteiger charge is -2.18. The Balaban J connectivity index is 2.26. The van der Waals surface area contributed by atoms with E-state index >= 15 is 0 Å². The maximum atomic E-state index is 14.1. The number of rotatable bonds is 9. The summed E-state index contributed by atoms with van der Waals surface area (Å²) in [6, 6.07) is 2.31. The molecule has 0 spiro atoms. The number of hydrogen-bond donors (Lipinski definition) is 2. The molecular weight excluding hydrogens is 372 g/mol. The van der Waals surface area contributed by atoms with E-state index in [4.69, 9.17) is 15.2 Å². The van der Waals surface area contributed by atoms with Crippen molar-refractivity contribution < 1.29 is 27.8 Å². The molecule has 7 nitrogen and oxygen atoms in total. The number of nitrogens with two attached hydrogens (primary N) is 1. The van der Waals surface area contributed by atoms with Gasteiger partial charge in [-0.15, -0.1) is 0 Å². The van der Waals surface area contributed by atoms with Gasteiger partial charge in [-0.1, -0.05) is 0 Å².